The first kappa shape index (κ1) is 11.8. The molecule has 0 radical (unpaired) electrons. The summed E-state index contributed by atoms with van der Waals surface area (Å²) >= 11 is 0. The molecule has 1 aliphatic rings. The van der Waals surface area contributed by atoms with Crippen LogP contribution in [0.3, 0.4) is 0 Å². The summed E-state index contributed by atoms with van der Waals surface area (Å²) < 4.78 is 5.20. The largest absolute Gasteiger partial charge is 0.469 e. The Hall–Kier alpha value is -2.23. The predicted molar refractivity (Wildman–Crippen MR) is 72.7 cm³/mol. The molecule has 1 amide bonds. The molecule has 0 fully saturated rings. The lowest BCUT2D eigenvalue weighted by Crippen LogP contribution is -2.36. The van der Waals surface area contributed by atoms with Gasteiger partial charge in [0.2, 0.25) is 0 Å². The number of anilines is 1. The van der Waals surface area contributed by atoms with Gasteiger partial charge in [-0.25, -0.2) is 0 Å². The van der Waals surface area contributed by atoms with Crippen LogP contribution in [0.5, 0.6) is 0 Å². The van der Waals surface area contributed by atoms with Crippen LogP contribution in [0.25, 0.3) is 0 Å². The molecular weight excluding hydrogens is 240 g/mol. The van der Waals surface area contributed by atoms with Gasteiger partial charge < -0.3 is 15.1 Å². The minimum Gasteiger partial charge on any atom is -0.469 e. The number of nitrogens with two attached hydrogens (primary N) is 1. The summed E-state index contributed by atoms with van der Waals surface area (Å²) in [6.07, 6.45) is 2.40. The van der Waals surface area contributed by atoms with E-state index in [1.807, 2.05) is 17.0 Å². The maximum atomic E-state index is 12.4. The molecule has 2 N–H and O–H groups in total. The zero-order valence-electron chi connectivity index (χ0n) is 10.8. The average Bonchev–Trinajstić information content (AvgIpc) is 2.84. The van der Waals surface area contributed by atoms with Gasteiger partial charge in [-0.1, -0.05) is 12.1 Å². The summed E-state index contributed by atoms with van der Waals surface area (Å²) in [5, 5.41) is 0. The fourth-order valence-corrected chi connectivity index (χ4v) is 2.56. The second kappa shape index (κ2) is 4.46. The van der Waals surface area contributed by atoms with Gasteiger partial charge in [-0.3, -0.25) is 4.79 Å². The Balaban J connectivity index is 1.88. The van der Waals surface area contributed by atoms with Gasteiger partial charge in [0.25, 0.3) is 5.91 Å². The van der Waals surface area contributed by atoms with Crippen LogP contribution in [-0.4, -0.2) is 17.4 Å². The third-order valence-electron chi connectivity index (χ3n) is 3.69. The number of benzene rings is 1. The Kier molecular flexibility index (Phi) is 2.78. The molecule has 0 spiro atoms. The molecule has 0 aliphatic carbocycles. The van der Waals surface area contributed by atoms with E-state index in [0.29, 0.717) is 17.9 Å². The van der Waals surface area contributed by atoms with E-state index in [0.717, 1.165) is 24.2 Å². The van der Waals surface area contributed by atoms with Crippen LogP contribution < -0.4 is 5.73 Å². The Morgan fingerprint density at radius 3 is 2.95 bits per heavy atom. The lowest BCUT2D eigenvalue weighted by Gasteiger charge is -2.29. The summed E-state index contributed by atoms with van der Waals surface area (Å²) in [5.41, 5.74) is 9.71. The van der Waals surface area contributed by atoms with E-state index in [1.54, 1.807) is 19.3 Å². The number of hydrogen-bond acceptors (Lipinski definition) is 3. The third kappa shape index (κ3) is 1.99. The first-order valence-electron chi connectivity index (χ1n) is 6.36. The SMILES string of the molecule is Cc1occc1C(=O)N1CCc2cccc(N)c2C1. The highest BCUT2D eigenvalue weighted by Gasteiger charge is 2.24. The molecule has 0 unspecified atom stereocenters. The molecule has 1 aromatic heterocycles. The number of carbonyl (C=O) groups excluding carboxylic acids is 1. The number of amides is 1. The summed E-state index contributed by atoms with van der Waals surface area (Å²) in [7, 11) is 0. The van der Waals surface area contributed by atoms with Crippen molar-refractivity contribution in [3.63, 3.8) is 0 Å². The molecule has 1 aliphatic heterocycles. The van der Waals surface area contributed by atoms with Crippen molar-refractivity contribution >= 4 is 11.6 Å². The van der Waals surface area contributed by atoms with Crippen molar-refractivity contribution in [2.24, 2.45) is 0 Å². The molecule has 98 valence electrons. The minimum atomic E-state index is 0.0140. The number of fused-ring (bicyclic) bond motifs is 1. The molecule has 19 heavy (non-hydrogen) atoms. The predicted octanol–water partition coefficient (Wildman–Crippen LogP) is 2.37. The lowest BCUT2D eigenvalue weighted by molar-refractivity contribution is 0.0733. The van der Waals surface area contributed by atoms with Crippen LogP contribution in [0.4, 0.5) is 5.69 Å². The van der Waals surface area contributed by atoms with Crippen molar-refractivity contribution in [2.45, 2.75) is 19.9 Å². The van der Waals surface area contributed by atoms with Gasteiger partial charge >= 0.3 is 0 Å². The Morgan fingerprint density at radius 2 is 2.21 bits per heavy atom. The molecule has 3 rings (SSSR count). The maximum absolute atomic E-state index is 12.4. The fourth-order valence-electron chi connectivity index (χ4n) is 2.56. The molecule has 0 atom stereocenters. The Bertz CT molecular complexity index is 631. The van der Waals surface area contributed by atoms with Crippen molar-refractivity contribution in [3.05, 3.63) is 53.0 Å². The summed E-state index contributed by atoms with van der Waals surface area (Å²) in [5.74, 6) is 0.678. The number of aryl methyl sites for hydroxylation is 1. The Labute approximate surface area is 111 Å². The lowest BCUT2D eigenvalue weighted by atomic mass is 9.97. The summed E-state index contributed by atoms with van der Waals surface area (Å²) in [4.78, 5) is 14.3. The number of rotatable bonds is 1. The smallest absolute Gasteiger partial charge is 0.257 e. The van der Waals surface area contributed by atoms with Gasteiger partial charge in [-0.2, -0.15) is 0 Å². The Morgan fingerprint density at radius 1 is 1.37 bits per heavy atom. The maximum Gasteiger partial charge on any atom is 0.257 e. The minimum absolute atomic E-state index is 0.0140. The second-order valence-corrected chi connectivity index (χ2v) is 4.85. The molecule has 1 aromatic carbocycles. The highest BCUT2D eigenvalue weighted by atomic mass is 16.3. The quantitative estimate of drug-likeness (QED) is 0.797. The van der Waals surface area contributed by atoms with Crippen molar-refractivity contribution in [2.75, 3.05) is 12.3 Å². The monoisotopic (exact) mass is 256 g/mol. The van der Waals surface area contributed by atoms with E-state index in [4.69, 9.17) is 10.2 Å². The molecule has 4 nitrogen and oxygen atoms in total. The zero-order valence-corrected chi connectivity index (χ0v) is 10.8. The van der Waals surface area contributed by atoms with Gasteiger partial charge in [0, 0.05) is 18.8 Å². The summed E-state index contributed by atoms with van der Waals surface area (Å²) in [6, 6.07) is 7.65. The fraction of sp³-hybridized carbons (Fsp3) is 0.267. The standard InChI is InChI=1S/C15H16N2O2/c1-10-12(6-8-19-10)15(18)17-7-5-11-3-2-4-14(16)13(11)9-17/h2-4,6,8H,5,7,9,16H2,1H3. The van der Waals surface area contributed by atoms with E-state index >= 15 is 0 Å². The van der Waals surface area contributed by atoms with Crippen LogP contribution in [0.2, 0.25) is 0 Å². The first-order valence-corrected chi connectivity index (χ1v) is 6.36. The van der Waals surface area contributed by atoms with Crippen LogP contribution in [0.1, 0.15) is 27.2 Å². The number of nitrogen functional groups attached to an aromatic ring is 1. The van der Waals surface area contributed by atoms with Gasteiger partial charge in [0.15, 0.2) is 0 Å². The van der Waals surface area contributed by atoms with Gasteiger partial charge in [0.05, 0.1) is 11.8 Å². The normalized spacial score (nSPS) is 14.3. The number of hydrogen-bond donors (Lipinski definition) is 1. The third-order valence-corrected chi connectivity index (χ3v) is 3.69. The van der Waals surface area contributed by atoms with Crippen molar-refractivity contribution in [3.8, 4) is 0 Å². The number of nitrogens with zero attached hydrogens (tertiary/aromatic N) is 1. The van der Waals surface area contributed by atoms with Crippen LogP contribution in [0.15, 0.2) is 34.9 Å². The van der Waals surface area contributed by atoms with Crippen molar-refractivity contribution in [1.82, 2.24) is 4.90 Å². The van der Waals surface area contributed by atoms with E-state index < -0.39 is 0 Å². The number of carbonyl (C=O) groups is 1. The topological polar surface area (TPSA) is 59.5 Å². The van der Waals surface area contributed by atoms with E-state index in [2.05, 4.69) is 6.07 Å². The second-order valence-electron chi connectivity index (χ2n) is 4.85. The molecule has 0 saturated heterocycles. The molecule has 0 bridgehead atoms. The van der Waals surface area contributed by atoms with Crippen molar-refractivity contribution in [1.29, 1.82) is 0 Å². The van der Waals surface area contributed by atoms with Crippen LogP contribution in [-0.2, 0) is 13.0 Å². The van der Waals surface area contributed by atoms with E-state index in [9.17, 15) is 4.79 Å². The van der Waals surface area contributed by atoms with Crippen molar-refractivity contribution < 1.29 is 9.21 Å². The molecule has 2 aromatic rings. The van der Waals surface area contributed by atoms with Crippen LogP contribution in [0, 0.1) is 6.92 Å². The summed E-state index contributed by atoms with van der Waals surface area (Å²) in [6.45, 7) is 3.10. The first-order chi connectivity index (χ1) is 9.16. The molecule has 4 heteroatoms. The molecule has 2 heterocycles. The highest BCUT2D eigenvalue weighted by molar-refractivity contribution is 5.95. The zero-order chi connectivity index (χ0) is 13.4. The number of furan rings is 1. The van der Waals surface area contributed by atoms with Gasteiger partial charge in [-0.05, 0) is 36.6 Å². The molecule has 0 saturated carbocycles. The van der Waals surface area contributed by atoms with Crippen LogP contribution >= 0.6 is 0 Å². The van der Waals surface area contributed by atoms with Gasteiger partial charge in [-0.15, -0.1) is 0 Å². The molecular formula is C15H16N2O2. The van der Waals surface area contributed by atoms with E-state index in [1.165, 1.54) is 5.56 Å². The van der Waals surface area contributed by atoms with Gasteiger partial charge in [0.1, 0.15) is 5.76 Å². The average molecular weight is 256 g/mol. The van der Waals surface area contributed by atoms with E-state index in [-0.39, 0.29) is 5.91 Å². The highest BCUT2D eigenvalue weighted by Crippen LogP contribution is 2.25.